The maximum atomic E-state index is 12.6. The molecule has 1 aromatic heterocycles. The van der Waals surface area contributed by atoms with Gasteiger partial charge in [0.15, 0.2) is 0 Å². The summed E-state index contributed by atoms with van der Waals surface area (Å²) >= 11 is 0. The Morgan fingerprint density at radius 2 is 2.09 bits per heavy atom. The molecular weight excluding hydrogens is 292 g/mol. The van der Waals surface area contributed by atoms with E-state index >= 15 is 0 Å². The standard InChI is InChI=1S/C17H28N4O2/c1-12(2)15-10-16(19-18-15)17(22)20-6-4-14(5-7-20)21-8-9-23-13(3)11-21/h10,12-14H,4-9,11H2,1-3H3,(H,18,19)/t13-/m1/s1. The molecule has 0 bridgehead atoms. The maximum absolute atomic E-state index is 12.6. The Hall–Kier alpha value is -1.40. The lowest BCUT2D eigenvalue weighted by Gasteiger charge is -2.41. The van der Waals surface area contributed by atoms with Crippen molar-refractivity contribution in [2.24, 2.45) is 0 Å². The molecular formula is C17H28N4O2. The summed E-state index contributed by atoms with van der Waals surface area (Å²) in [5.74, 6) is 0.417. The second kappa shape index (κ2) is 7.01. The molecule has 0 aromatic carbocycles. The van der Waals surface area contributed by atoms with E-state index in [9.17, 15) is 4.79 Å². The zero-order valence-electron chi connectivity index (χ0n) is 14.4. The van der Waals surface area contributed by atoms with Gasteiger partial charge in [0.2, 0.25) is 0 Å². The van der Waals surface area contributed by atoms with Crippen LogP contribution in [0.5, 0.6) is 0 Å². The van der Waals surface area contributed by atoms with Crippen molar-refractivity contribution in [1.29, 1.82) is 0 Å². The van der Waals surface area contributed by atoms with Gasteiger partial charge in [-0.3, -0.25) is 14.8 Å². The van der Waals surface area contributed by atoms with E-state index in [0.717, 1.165) is 51.3 Å². The maximum Gasteiger partial charge on any atom is 0.274 e. The van der Waals surface area contributed by atoms with Crippen LogP contribution in [0.15, 0.2) is 6.07 Å². The Bertz CT molecular complexity index is 534. The minimum absolute atomic E-state index is 0.0574. The Labute approximate surface area is 138 Å². The molecule has 6 nitrogen and oxygen atoms in total. The highest BCUT2D eigenvalue weighted by Crippen LogP contribution is 2.21. The molecule has 2 fully saturated rings. The number of aromatic amines is 1. The number of H-pyrrole nitrogens is 1. The molecule has 0 saturated carbocycles. The van der Waals surface area contributed by atoms with Gasteiger partial charge in [0.05, 0.1) is 12.7 Å². The smallest absolute Gasteiger partial charge is 0.274 e. The number of amides is 1. The summed E-state index contributed by atoms with van der Waals surface area (Å²) in [4.78, 5) is 17.1. The number of piperidine rings is 1. The van der Waals surface area contributed by atoms with Gasteiger partial charge >= 0.3 is 0 Å². The summed E-state index contributed by atoms with van der Waals surface area (Å²) in [5, 5.41) is 7.16. The predicted molar refractivity (Wildman–Crippen MR) is 88.6 cm³/mol. The van der Waals surface area contributed by atoms with Crippen LogP contribution in [0.3, 0.4) is 0 Å². The zero-order chi connectivity index (χ0) is 16.4. The largest absolute Gasteiger partial charge is 0.376 e. The van der Waals surface area contributed by atoms with Crippen LogP contribution in [-0.4, -0.2) is 70.8 Å². The van der Waals surface area contributed by atoms with Crippen molar-refractivity contribution in [2.75, 3.05) is 32.8 Å². The van der Waals surface area contributed by atoms with Crippen molar-refractivity contribution in [1.82, 2.24) is 20.0 Å². The van der Waals surface area contributed by atoms with Crippen LogP contribution in [0.1, 0.15) is 55.7 Å². The van der Waals surface area contributed by atoms with Crippen molar-refractivity contribution in [3.63, 3.8) is 0 Å². The van der Waals surface area contributed by atoms with Gasteiger partial charge in [-0.15, -0.1) is 0 Å². The highest BCUT2D eigenvalue weighted by Gasteiger charge is 2.30. The van der Waals surface area contributed by atoms with Crippen molar-refractivity contribution in [3.8, 4) is 0 Å². The molecule has 2 aliphatic heterocycles. The van der Waals surface area contributed by atoms with E-state index in [1.807, 2.05) is 11.0 Å². The van der Waals surface area contributed by atoms with Crippen LogP contribution < -0.4 is 0 Å². The summed E-state index contributed by atoms with van der Waals surface area (Å²) in [6.07, 6.45) is 2.40. The average molecular weight is 320 g/mol. The molecule has 6 heteroatoms. The zero-order valence-corrected chi connectivity index (χ0v) is 14.4. The SMILES string of the molecule is CC(C)c1cc(C(=O)N2CCC(N3CCO[C@H](C)C3)CC2)n[nH]1. The van der Waals surface area contributed by atoms with Crippen LogP contribution in [0, 0.1) is 0 Å². The van der Waals surface area contributed by atoms with Gasteiger partial charge in [-0.2, -0.15) is 5.10 Å². The van der Waals surface area contributed by atoms with E-state index in [2.05, 4.69) is 35.9 Å². The molecule has 0 radical (unpaired) electrons. The van der Waals surface area contributed by atoms with E-state index in [1.165, 1.54) is 0 Å². The van der Waals surface area contributed by atoms with Crippen LogP contribution in [-0.2, 0) is 4.74 Å². The van der Waals surface area contributed by atoms with Gasteiger partial charge < -0.3 is 9.64 Å². The highest BCUT2D eigenvalue weighted by atomic mass is 16.5. The number of hydrogen-bond acceptors (Lipinski definition) is 4. The molecule has 3 rings (SSSR count). The Kier molecular flexibility index (Phi) is 5.02. The summed E-state index contributed by atoms with van der Waals surface area (Å²) in [6, 6.07) is 2.47. The number of likely N-dealkylation sites (tertiary alicyclic amines) is 1. The monoisotopic (exact) mass is 320 g/mol. The van der Waals surface area contributed by atoms with Gasteiger partial charge in [0.25, 0.3) is 5.91 Å². The normalized spacial score (nSPS) is 24.3. The fourth-order valence-corrected chi connectivity index (χ4v) is 3.52. The lowest BCUT2D eigenvalue weighted by Crippen LogP contribution is -2.51. The quantitative estimate of drug-likeness (QED) is 0.923. The molecule has 1 amide bonds. The topological polar surface area (TPSA) is 61.5 Å². The number of hydrogen-bond donors (Lipinski definition) is 1. The third-order valence-corrected chi connectivity index (χ3v) is 4.98. The van der Waals surface area contributed by atoms with Crippen molar-refractivity contribution in [3.05, 3.63) is 17.5 Å². The first-order valence-electron chi connectivity index (χ1n) is 8.75. The lowest BCUT2D eigenvalue weighted by atomic mass is 10.0. The molecule has 2 aliphatic rings. The summed E-state index contributed by atoms with van der Waals surface area (Å²) in [6.45, 7) is 10.8. The van der Waals surface area contributed by atoms with Crippen molar-refractivity contribution < 1.29 is 9.53 Å². The first kappa shape index (κ1) is 16.5. The fraction of sp³-hybridized carbons (Fsp3) is 0.765. The van der Waals surface area contributed by atoms with E-state index < -0.39 is 0 Å². The van der Waals surface area contributed by atoms with Gasteiger partial charge in [-0.05, 0) is 31.7 Å². The first-order chi connectivity index (χ1) is 11.0. The molecule has 23 heavy (non-hydrogen) atoms. The van der Waals surface area contributed by atoms with E-state index in [0.29, 0.717) is 23.8 Å². The number of aromatic nitrogens is 2. The summed E-state index contributed by atoms with van der Waals surface area (Å²) < 4.78 is 5.62. The molecule has 0 aliphatic carbocycles. The first-order valence-corrected chi connectivity index (χ1v) is 8.75. The van der Waals surface area contributed by atoms with Crippen LogP contribution in [0.25, 0.3) is 0 Å². The predicted octanol–water partition coefficient (Wildman–Crippen LogP) is 1.86. The van der Waals surface area contributed by atoms with Crippen LogP contribution in [0.4, 0.5) is 0 Å². The highest BCUT2D eigenvalue weighted by molar-refractivity contribution is 5.92. The third-order valence-electron chi connectivity index (χ3n) is 4.98. The van der Waals surface area contributed by atoms with Crippen molar-refractivity contribution >= 4 is 5.91 Å². The van der Waals surface area contributed by atoms with E-state index in [-0.39, 0.29) is 5.91 Å². The fourth-order valence-electron chi connectivity index (χ4n) is 3.52. The second-order valence-corrected chi connectivity index (χ2v) is 7.06. The number of carbonyl (C=O) groups is 1. The number of ether oxygens (including phenoxy) is 1. The number of morpholine rings is 1. The molecule has 1 atom stereocenters. The van der Waals surface area contributed by atoms with Crippen molar-refractivity contribution in [2.45, 2.75) is 51.7 Å². The molecule has 1 aromatic rings. The Balaban J connectivity index is 1.54. The minimum atomic E-state index is 0.0574. The second-order valence-electron chi connectivity index (χ2n) is 7.06. The van der Waals surface area contributed by atoms with Gasteiger partial charge in [-0.25, -0.2) is 0 Å². The van der Waals surface area contributed by atoms with Gasteiger partial charge in [0.1, 0.15) is 5.69 Å². The average Bonchev–Trinajstić information content (AvgIpc) is 3.04. The molecule has 0 unspecified atom stereocenters. The summed E-state index contributed by atoms with van der Waals surface area (Å²) in [7, 11) is 0. The molecule has 1 N–H and O–H groups in total. The molecule has 128 valence electrons. The molecule has 3 heterocycles. The Morgan fingerprint density at radius 3 is 2.70 bits per heavy atom. The molecule has 0 spiro atoms. The number of rotatable bonds is 3. The van der Waals surface area contributed by atoms with Gasteiger partial charge in [-0.1, -0.05) is 13.8 Å². The summed E-state index contributed by atoms with van der Waals surface area (Å²) in [5.41, 5.74) is 1.57. The molecule has 2 saturated heterocycles. The number of nitrogens with one attached hydrogen (secondary N) is 1. The van der Waals surface area contributed by atoms with Crippen LogP contribution >= 0.6 is 0 Å². The third kappa shape index (κ3) is 3.75. The number of carbonyl (C=O) groups excluding carboxylic acids is 1. The van der Waals surface area contributed by atoms with Crippen LogP contribution in [0.2, 0.25) is 0 Å². The van der Waals surface area contributed by atoms with E-state index in [1.54, 1.807) is 0 Å². The number of nitrogens with zero attached hydrogens (tertiary/aromatic N) is 3. The minimum Gasteiger partial charge on any atom is -0.376 e. The Morgan fingerprint density at radius 1 is 1.35 bits per heavy atom. The lowest BCUT2D eigenvalue weighted by molar-refractivity contribution is -0.0424. The van der Waals surface area contributed by atoms with E-state index in [4.69, 9.17) is 4.74 Å². The van der Waals surface area contributed by atoms with Gasteiger partial charge in [0, 0.05) is 37.9 Å².